The van der Waals surface area contributed by atoms with E-state index in [4.69, 9.17) is 9.84 Å². The second kappa shape index (κ2) is 10.9. The minimum absolute atomic E-state index is 0.0134. The standard InChI is InChI=1S/C30H31N5O3S/c1-30(2,3)26-18-27(35(34-26)19-9-6-5-7-10-19)33-29(37)32-23-15-13-20(17-25(23)39-4)38-24-12-8-11-22-21(24)14-16-28(36)31-22/h5-13,15,17-18H,14,16H2,1-4H3,(H,31,36)(H2,32,33,37). The molecule has 8 nitrogen and oxygen atoms in total. The third kappa shape index (κ3) is 5.93. The van der Waals surface area contributed by atoms with Gasteiger partial charge in [-0.3, -0.25) is 10.1 Å². The van der Waals surface area contributed by atoms with Crippen molar-refractivity contribution >= 4 is 40.9 Å². The molecule has 0 bridgehead atoms. The number of thioether (sulfide) groups is 1. The summed E-state index contributed by atoms with van der Waals surface area (Å²) in [6.07, 6.45) is 3.01. The maximum Gasteiger partial charge on any atom is 0.324 e. The minimum Gasteiger partial charge on any atom is -0.457 e. The molecule has 0 radical (unpaired) electrons. The number of nitrogens with zero attached hydrogens (tertiary/aromatic N) is 2. The first-order valence-electron chi connectivity index (χ1n) is 12.7. The predicted octanol–water partition coefficient (Wildman–Crippen LogP) is 7.21. The van der Waals surface area contributed by atoms with E-state index in [1.54, 1.807) is 4.68 Å². The van der Waals surface area contributed by atoms with Crippen molar-refractivity contribution in [3.63, 3.8) is 0 Å². The molecule has 200 valence electrons. The van der Waals surface area contributed by atoms with E-state index >= 15 is 0 Å². The molecular weight excluding hydrogens is 510 g/mol. The number of benzene rings is 3. The summed E-state index contributed by atoms with van der Waals surface area (Å²) >= 11 is 1.51. The van der Waals surface area contributed by atoms with Gasteiger partial charge in [-0.1, -0.05) is 45.0 Å². The molecule has 5 rings (SSSR count). The van der Waals surface area contributed by atoms with Crippen LogP contribution in [-0.4, -0.2) is 28.0 Å². The van der Waals surface area contributed by atoms with Gasteiger partial charge in [0.1, 0.15) is 17.3 Å². The van der Waals surface area contributed by atoms with Gasteiger partial charge >= 0.3 is 6.03 Å². The first-order valence-corrected chi connectivity index (χ1v) is 14.0. The lowest BCUT2D eigenvalue weighted by atomic mass is 9.92. The highest BCUT2D eigenvalue weighted by molar-refractivity contribution is 7.98. The monoisotopic (exact) mass is 541 g/mol. The number of fused-ring (bicyclic) bond motifs is 1. The van der Waals surface area contributed by atoms with Crippen molar-refractivity contribution in [1.82, 2.24) is 9.78 Å². The van der Waals surface area contributed by atoms with E-state index in [1.807, 2.05) is 79.1 Å². The molecule has 9 heteroatoms. The quantitative estimate of drug-likeness (QED) is 0.224. The Balaban J connectivity index is 1.34. The maximum absolute atomic E-state index is 13.1. The number of rotatable bonds is 6. The van der Waals surface area contributed by atoms with E-state index in [1.165, 1.54) is 11.8 Å². The first kappa shape index (κ1) is 26.4. The number of aromatic nitrogens is 2. The Hall–Kier alpha value is -4.24. The number of hydrogen-bond acceptors (Lipinski definition) is 5. The normalized spacial score (nSPS) is 12.9. The van der Waals surface area contributed by atoms with Crippen LogP contribution >= 0.6 is 11.8 Å². The Bertz CT molecular complexity index is 1530. The van der Waals surface area contributed by atoms with Gasteiger partial charge in [0, 0.05) is 34.0 Å². The Labute approximate surface area is 232 Å². The van der Waals surface area contributed by atoms with Crippen molar-refractivity contribution in [3.8, 4) is 17.2 Å². The Morgan fingerprint density at radius 2 is 1.79 bits per heavy atom. The fourth-order valence-corrected chi connectivity index (χ4v) is 4.90. The largest absolute Gasteiger partial charge is 0.457 e. The zero-order valence-corrected chi connectivity index (χ0v) is 23.2. The van der Waals surface area contributed by atoms with Crippen LogP contribution in [0.5, 0.6) is 11.5 Å². The number of carbonyl (C=O) groups excluding carboxylic acids is 2. The molecule has 3 aromatic carbocycles. The minimum atomic E-state index is -0.371. The van der Waals surface area contributed by atoms with Crippen LogP contribution in [0.2, 0.25) is 0 Å². The molecule has 1 aromatic heterocycles. The molecule has 2 heterocycles. The Kier molecular flexibility index (Phi) is 7.34. The number of ether oxygens (including phenoxy) is 1. The molecule has 0 saturated heterocycles. The van der Waals surface area contributed by atoms with Crippen molar-refractivity contribution in [2.24, 2.45) is 0 Å². The lowest BCUT2D eigenvalue weighted by molar-refractivity contribution is -0.116. The van der Waals surface area contributed by atoms with E-state index in [0.29, 0.717) is 35.8 Å². The summed E-state index contributed by atoms with van der Waals surface area (Å²) in [4.78, 5) is 25.7. The fraction of sp³-hybridized carbons (Fsp3) is 0.233. The van der Waals surface area contributed by atoms with Gasteiger partial charge in [0.15, 0.2) is 0 Å². The fourth-order valence-electron chi connectivity index (χ4n) is 4.33. The van der Waals surface area contributed by atoms with Crippen LogP contribution in [0.1, 0.15) is 38.4 Å². The van der Waals surface area contributed by atoms with Crippen LogP contribution in [0, 0.1) is 0 Å². The van der Waals surface area contributed by atoms with Gasteiger partial charge in [0.25, 0.3) is 0 Å². The molecule has 4 aromatic rings. The molecule has 1 aliphatic rings. The number of anilines is 3. The van der Waals surface area contributed by atoms with E-state index in [9.17, 15) is 9.59 Å². The summed E-state index contributed by atoms with van der Waals surface area (Å²) in [5.74, 6) is 1.95. The summed E-state index contributed by atoms with van der Waals surface area (Å²) in [5.41, 5.74) is 3.98. The molecule has 0 atom stereocenters. The summed E-state index contributed by atoms with van der Waals surface area (Å²) in [6, 6.07) is 22.4. The zero-order chi connectivity index (χ0) is 27.6. The number of amides is 3. The highest BCUT2D eigenvalue weighted by atomic mass is 32.2. The first-order chi connectivity index (χ1) is 18.7. The molecule has 0 aliphatic carbocycles. The number of hydrogen-bond donors (Lipinski definition) is 3. The topological polar surface area (TPSA) is 97.3 Å². The van der Waals surface area contributed by atoms with Gasteiger partial charge in [-0.2, -0.15) is 5.10 Å². The molecule has 3 amide bonds. The van der Waals surface area contributed by atoms with Gasteiger partial charge in [-0.05, 0) is 55.1 Å². The Morgan fingerprint density at radius 3 is 2.54 bits per heavy atom. The van der Waals surface area contributed by atoms with Crippen LogP contribution < -0.4 is 20.7 Å². The number of para-hydroxylation sites is 1. The second-order valence-corrected chi connectivity index (χ2v) is 11.1. The maximum atomic E-state index is 13.1. The average Bonchev–Trinajstić information content (AvgIpc) is 3.34. The number of urea groups is 1. The van der Waals surface area contributed by atoms with E-state index in [-0.39, 0.29) is 17.4 Å². The highest BCUT2D eigenvalue weighted by Crippen LogP contribution is 2.37. The molecule has 1 aliphatic heterocycles. The van der Waals surface area contributed by atoms with Crippen molar-refractivity contribution in [2.75, 3.05) is 22.2 Å². The third-order valence-corrected chi connectivity index (χ3v) is 7.16. The van der Waals surface area contributed by atoms with Crippen LogP contribution in [-0.2, 0) is 16.6 Å². The number of carbonyl (C=O) groups is 2. The summed E-state index contributed by atoms with van der Waals surface area (Å²) in [5, 5.41) is 13.6. The van der Waals surface area contributed by atoms with E-state index in [2.05, 4.69) is 36.7 Å². The zero-order valence-electron chi connectivity index (χ0n) is 22.4. The highest BCUT2D eigenvalue weighted by Gasteiger charge is 2.22. The van der Waals surface area contributed by atoms with Gasteiger partial charge in [0.05, 0.1) is 17.1 Å². The summed E-state index contributed by atoms with van der Waals surface area (Å²) in [7, 11) is 0. The lowest BCUT2D eigenvalue weighted by Crippen LogP contribution is -2.21. The van der Waals surface area contributed by atoms with Gasteiger partial charge in [-0.15, -0.1) is 11.8 Å². The van der Waals surface area contributed by atoms with Crippen molar-refractivity contribution in [3.05, 3.63) is 84.1 Å². The summed E-state index contributed by atoms with van der Waals surface area (Å²) < 4.78 is 7.95. The smallest absolute Gasteiger partial charge is 0.324 e. The van der Waals surface area contributed by atoms with Gasteiger partial charge < -0.3 is 15.4 Å². The van der Waals surface area contributed by atoms with Crippen molar-refractivity contribution in [2.45, 2.75) is 43.9 Å². The van der Waals surface area contributed by atoms with Gasteiger partial charge in [-0.25, -0.2) is 9.48 Å². The SMILES string of the molecule is CSc1cc(Oc2cccc3c2CCC(=O)N3)ccc1NC(=O)Nc1cc(C(C)(C)C)nn1-c1ccccc1. The predicted molar refractivity (Wildman–Crippen MR) is 157 cm³/mol. The average molecular weight is 542 g/mol. The van der Waals surface area contributed by atoms with Crippen molar-refractivity contribution < 1.29 is 14.3 Å². The van der Waals surface area contributed by atoms with Gasteiger partial charge in [0.2, 0.25) is 5.91 Å². The Morgan fingerprint density at radius 1 is 1.00 bits per heavy atom. The second-order valence-electron chi connectivity index (χ2n) is 10.3. The van der Waals surface area contributed by atoms with Crippen molar-refractivity contribution in [1.29, 1.82) is 0 Å². The van der Waals surface area contributed by atoms with Crippen LogP contribution in [0.3, 0.4) is 0 Å². The van der Waals surface area contributed by atoms with Crippen LogP contribution in [0.4, 0.5) is 22.0 Å². The lowest BCUT2D eigenvalue weighted by Gasteiger charge is -2.20. The molecule has 0 fully saturated rings. The van der Waals surface area contributed by atoms with E-state index < -0.39 is 0 Å². The molecule has 0 unspecified atom stereocenters. The molecule has 3 N–H and O–H groups in total. The van der Waals surface area contributed by atoms with Crippen LogP contribution in [0.25, 0.3) is 5.69 Å². The van der Waals surface area contributed by atoms with E-state index in [0.717, 1.165) is 27.5 Å². The molecular formula is C30H31N5O3S. The molecule has 39 heavy (non-hydrogen) atoms. The third-order valence-electron chi connectivity index (χ3n) is 6.38. The molecule has 0 saturated carbocycles. The van der Waals surface area contributed by atoms with Crippen LogP contribution in [0.15, 0.2) is 77.7 Å². The summed E-state index contributed by atoms with van der Waals surface area (Å²) in [6.45, 7) is 6.26. The molecule has 0 spiro atoms. The number of nitrogens with one attached hydrogen (secondary N) is 3.